The maximum absolute atomic E-state index is 13.6. The normalized spacial score (nSPS) is 11.0. The molecule has 1 aromatic heterocycles. The first-order chi connectivity index (χ1) is 14.5. The average molecular weight is 470 g/mol. The lowest BCUT2D eigenvalue weighted by Crippen LogP contribution is -2.12. The Kier molecular flexibility index (Phi) is 5.30. The second kappa shape index (κ2) is 7.91. The molecular weight excluding hydrogens is 450 g/mol. The standard InChI is InChI=1S/C23H20BrNO5/c1-27-18-10-9-15-16-11-19(28-2)20(29-3)12-17(16)25(21(15)22(18)30-4)23(26)13-5-7-14(24)8-6-13/h5-12H,1-4H3. The molecule has 1 heterocycles. The van der Waals surface area contributed by atoms with E-state index in [-0.39, 0.29) is 5.91 Å². The fourth-order valence-corrected chi connectivity index (χ4v) is 3.94. The summed E-state index contributed by atoms with van der Waals surface area (Å²) in [7, 11) is 6.28. The van der Waals surface area contributed by atoms with Gasteiger partial charge in [-0.2, -0.15) is 0 Å². The molecule has 0 atom stereocenters. The Morgan fingerprint density at radius 3 is 2.00 bits per heavy atom. The highest BCUT2D eigenvalue weighted by atomic mass is 79.9. The number of carbonyl (C=O) groups is 1. The monoisotopic (exact) mass is 469 g/mol. The van der Waals surface area contributed by atoms with Gasteiger partial charge >= 0.3 is 0 Å². The fraction of sp³-hybridized carbons (Fsp3) is 0.174. The second-order valence-corrected chi connectivity index (χ2v) is 7.48. The lowest BCUT2D eigenvalue weighted by atomic mass is 10.1. The summed E-state index contributed by atoms with van der Waals surface area (Å²) in [5.74, 6) is 1.94. The smallest absolute Gasteiger partial charge is 0.263 e. The van der Waals surface area contributed by atoms with Gasteiger partial charge in [-0.1, -0.05) is 15.9 Å². The predicted octanol–water partition coefficient (Wildman–Crippen LogP) is 5.28. The summed E-state index contributed by atoms with van der Waals surface area (Å²) in [6.07, 6.45) is 0. The van der Waals surface area contributed by atoms with Gasteiger partial charge in [-0.3, -0.25) is 9.36 Å². The van der Waals surface area contributed by atoms with Crippen molar-refractivity contribution in [1.29, 1.82) is 0 Å². The molecule has 0 bridgehead atoms. The molecule has 0 N–H and O–H groups in total. The molecule has 0 fully saturated rings. The van der Waals surface area contributed by atoms with E-state index in [1.807, 2.05) is 30.3 Å². The van der Waals surface area contributed by atoms with Crippen LogP contribution in [0.15, 0.2) is 53.0 Å². The summed E-state index contributed by atoms with van der Waals surface area (Å²) in [5.41, 5.74) is 1.84. The number of rotatable bonds is 5. The molecule has 154 valence electrons. The number of ether oxygens (including phenoxy) is 4. The zero-order chi connectivity index (χ0) is 21.4. The number of hydrogen-bond donors (Lipinski definition) is 0. The van der Waals surface area contributed by atoms with Crippen molar-refractivity contribution < 1.29 is 23.7 Å². The summed E-state index contributed by atoms with van der Waals surface area (Å²) in [6, 6.07) is 14.6. The van der Waals surface area contributed by atoms with Crippen molar-refractivity contribution in [3.05, 3.63) is 58.6 Å². The third kappa shape index (κ3) is 3.06. The van der Waals surface area contributed by atoms with Crippen molar-refractivity contribution >= 4 is 43.6 Å². The molecule has 7 heteroatoms. The maximum Gasteiger partial charge on any atom is 0.263 e. The fourth-order valence-electron chi connectivity index (χ4n) is 3.67. The van der Waals surface area contributed by atoms with E-state index in [1.54, 1.807) is 51.2 Å². The molecule has 0 saturated heterocycles. The maximum atomic E-state index is 13.6. The molecule has 3 aromatic carbocycles. The Hall–Kier alpha value is -3.19. The number of methoxy groups -OCH3 is 4. The van der Waals surface area contributed by atoms with Crippen LogP contribution in [-0.2, 0) is 0 Å². The van der Waals surface area contributed by atoms with Gasteiger partial charge in [-0.25, -0.2) is 0 Å². The van der Waals surface area contributed by atoms with E-state index in [2.05, 4.69) is 15.9 Å². The highest BCUT2D eigenvalue weighted by Crippen LogP contribution is 2.44. The van der Waals surface area contributed by atoms with Crippen molar-refractivity contribution in [3.8, 4) is 23.0 Å². The van der Waals surface area contributed by atoms with Gasteiger partial charge in [0.1, 0.15) is 5.52 Å². The van der Waals surface area contributed by atoms with Gasteiger partial charge in [0.2, 0.25) is 0 Å². The Morgan fingerprint density at radius 2 is 1.40 bits per heavy atom. The van der Waals surface area contributed by atoms with Gasteiger partial charge < -0.3 is 18.9 Å². The van der Waals surface area contributed by atoms with Gasteiger partial charge in [0, 0.05) is 26.9 Å². The zero-order valence-corrected chi connectivity index (χ0v) is 18.6. The molecule has 4 rings (SSSR count). The molecule has 0 saturated carbocycles. The van der Waals surface area contributed by atoms with Crippen LogP contribution in [0.25, 0.3) is 21.8 Å². The minimum atomic E-state index is -0.193. The van der Waals surface area contributed by atoms with Crippen molar-refractivity contribution in [1.82, 2.24) is 4.57 Å². The van der Waals surface area contributed by atoms with Crippen LogP contribution in [0.4, 0.5) is 0 Å². The van der Waals surface area contributed by atoms with Gasteiger partial charge in [0.05, 0.1) is 34.0 Å². The molecule has 0 spiro atoms. The Labute approximate surface area is 182 Å². The van der Waals surface area contributed by atoms with Gasteiger partial charge in [0.25, 0.3) is 5.91 Å². The zero-order valence-electron chi connectivity index (χ0n) is 17.0. The first-order valence-corrected chi connectivity index (χ1v) is 9.94. The molecule has 0 aliphatic heterocycles. The van der Waals surface area contributed by atoms with Crippen molar-refractivity contribution in [2.24, 2.45) is 0 Å². The largest absolute Gasteiger partial charge is 0.493 e. The van der Waals surface area contributed by atoms with Crippen LogP contribution in [0.2, 0.25) is 0 Å². The SMILES string of the molecule is COc1cc2c3ccc(OC)c(OC)c3n(C(=O)c3ccc(Br)cc3)c2cc1OC. The van der Waals surface area contributed by atoms with Gasteiger partial charge in [-0.05, 0) is 42.5 Å². The number of benzene rings is 3. The first-order valence-electron chi connectivity index (χ1n) is 9.15. The Bertz CT molecular complexity index is 1260. The minimum absolute atomic E-state index is 0.193. The summed E-state index contributed by atoms with van der Waals surface area (Å²) in [6.45, 7) is 0. The van der Waals surface area contributed by atoms with Crippen LogP contribution >= 0.6 is 15.9 Å². The van der Waals surface area contributed by atoms with E-state index in [4.69, 9.17) is 18.9 Å². The molecule has 0 unspecified atom stereocenters. The van der Waals surface area contributed by atoms with E-state index >= 15 is 0 Å². The third-order valence-electron chi connectivity index (χ3n) is 5.07. The van der Waals surface area contributed by atoms with Crippen LogP contribution in [0, 0.1) is 0 Å². The van der Waals surface area contributed by atoms with Crippen LogP contribution in [-0.4, -0.2) is 38.9 Å². The lowest BCUT2D eigenvalue weighted by molar-refractivity contribution is 0.0969. The van der Waals surface area contributed by atoms with E-state index in [9.17, 15) is 4.79 Å². The number of carbonyl (C=O) groups excluding carboxylic acids is 1. The summed E-state index contributed by atoms with van der Waals surface area (Å²) in [4.78, 5) is 13.6. The highest BCUT2D eigenvalue weighted by Gasteiger charge is 2.24. The van der Waals surface area contributed by atoms with Crippen molar-refractivity contribution in [3.63, 3.8) is 0 Å². The van der Waals surface area contributed by atoms with E-state index in [0.29, 0.717) is 39.6 Å². The Morgan fingerprint density at radius 1 is 0.767 bits per heavy atom. The van der Waals surface area contributed by atoms with E-state index in [1.165, 1.54) is 0 Å². The molecular formula is C23H20BrNO5. The van der Waals surface area contributed by atoms with Gasteiger partial charge in [-0.15, -0.1) is 0 Å². The Balaban J connectivity index is 2.15. The highest BCUT2D eigenvalue weighted by molar-refractivity contribution is 9.10. The number of hydrogen-bond acceptors (Lipinski definition) is 5. The second-order valence-electron chi connectivity index (χ2n) is 6.57. The molecule has 30 heavy (non-hydrogen) atoms. The molecule has 4 aromatic rings. The molecule has 6 nitrogen and oxygen atoms in total. The minimum Gasteiger partial charge on any atom is -0.493 e. The molecule has 0 radical (unpaired) electrons. The molecule has 0 aliphatic carbocycles. The topological polar surface area (TPSA) is 58.9 Å². The number of fused-ring (bicyclic) bond motifs is 3. The van der Waals surface area contributed by atoms with Crippen LogP contribution in [0.1, 0.15) is 10.4 Å². The summed E-state index contributed by atoms with van der Waals surface area (Å²) < 4.78 is 24.7. The number of nitrogens with zero attached hydrogens (tertiary/aromatic N) is 1. The van der Waals surface area contributed by atoms with E-state index in [0.717, 1.165) is 15.2 Å². The number of aromatic nitrogens is 1. The third-order valence-corrected chi connectivity index (χ3v) is 5.60. The summed E-state index contributed by atoms with van der Waals surface area (Å²) in [5, 5.41) is 1.68. The predicted molar refractivity (Wildman–Crippen MR) is 120 cm³/mol. The van der Waals surface area contributed by atoms with E-state index < -0.39 is 0 Å². The van der Waals surface area contributed by atoms with Gasteiger partial charge in [0.15, 0.2) is 23.0 Å². The average Bonchev–Trinajstić information content (AvgIpc) is 3.10. The van der Waals surface area contributed by atoms with Crippen LogP contribution < -0.4 is 18.9 Å². The summed E-state index contributed by atoms with van der Waals surface area (Å²) >= 11 is 3.41. The lowest BCUT2D eigenvalue weighted by Gasteiger charge is -2.12. The quantitative estimate of drug-likeness (QED) is 0.397. The van der Waals surface area contributed by atoms with Crippen molar-refractivity contribution in [2.75, 3.05) is 28.4 Å². The first kappa shape index (κ1) is 20.1. The van der Waals surface area contributed by atoms with Crippen LogP contribution in [0.5, 0.6) is 23.0 Å². The van der Waals surface area contributed by atoms with Crippen molar-refractivity contribution in [2.45, 2.75) is 0 Å². The molecule has 0 amide bonds. The van der Waals surface area contributed by atoms with Crippen LogP contribution in [0.3, 0.4) is 0 Å². The number of halogens is 1. The molecule has 0 aliphatic rings.